The predicted molar refractivity (Wildman–Crippen MR) is 69.5 cm³/mol. The van der Waals surface area contributed by atoms with Crippen molar-refractivity contribution in [1.82, 2.24) is 0 Å². The molecule has 0 radical (unpaired) electrons. The van der Waals surface area contributed by atoms with Gasteiger partial charge in [-0.1, -0.05) is 30.3 Å². The average molecular weight is 264 g/mol. The molecule has 0 saturated carbocycles. The van der Waals surface area contributed by atoms with Crippen LogP contribution in [0.15, 0.2) is 30.3 Å². The molecule has 1 N–H and O–H groups in total. The van der Waals surface area contributed by atoms with E-state index in [1.165, 1.54) is 5.56 Å². The first-order chi connectivity index (χ1) is 9.05. The van der Waals surface area contributed by atoms with E-state index in [0.717, 1.165) is 12.8 Å². The minimum Gasteiger partial charge on any atom is -0.387 e. The van der Waals surface area contributed by atoms with Crippen LogP contribution in [0.25, 0.3) is 0 Å². The zero-order chi connectivity index (χ0) is 13.5. The standard InChI is InChI=1S/C15H20O4/c1-15(2)18-13-12(16)11(17-14(13)19-15)9-8-10-6-4-3-5-7-10/h3-7,11-14,16H,8-9H2,1-2H3/t11-,12-,13+,14+/m0/s1. The van der Waals surface area contributed by atoms with E-state index in [9.17, 15) is 5.11 Å². The SMILES string of the molecule is CC1(C)O[C@H]2O[C@@H](CCc3ccccc3)[C@H](O)[C@H]2O1. The number of ether oxygens (including phenoxy) is 3. The molecule has 2 aliphatic heterocycles. The van der Waals surface area contributed by atoms with Gasteiger partial charge in [-0.25, -0.2) is 0 Å². The first-order valence-corrected chi connectivity index (χ1v) is 6.78. The molecular formula is C15H20O4. The fourth-order valence-electron chi connectivity index (χ4n) is 2.75. The normalized spacial score (nSPS) is 36.4. The van der Waals surface area contributed by atoms with Crippen molar-refractivity contribution in [3.8, 4) is 0 Å². The van der Waals surface area contributed by atoms with Gasteiger partial charge in [0.05, 0.1) is 6.10 Å². The molecule has 3 rings (SSSR count). The lowest BCUT2D eigenvalue weighted by Crippen LogP contribution is -2.34. The molecule has 0 aromatic heterocycles. The summed E-state index contributed by atoms with van der Waals surface area (Å²) in [5, 5.41) is 10.2. The summed E-state index contributed by atoms with van der Waals surface area (Å²) in [7, 11) is 0. The Labute approximate surface area is 113 Å². The van der Waals surface area contributed by atoms with E-state index >= 15 is 0 Å². The van der Waals surface area contributed by atoms with Gasteiger partial charge in [0.25, 0.3) is 0 Å². The molecule has 2 aliphatic rings. The molecule has 0 spiro atoms. The van der Waals surface area contributed by atoms with E-state index in [4.69, 9.17) is 14.2 Å². The lowest BCUT2D eigenvalue weighted by Gasteiger charge is -2.22. The van der Waals surface area contributed by atoms with E-state index in [1.54, 1.807) is 0 Å². The Hall–Kier alpha value is -0.940. The van der Waals surface area contributed by atoms with Gasteiger partial charge in [-0.05, 0) is 32.3 Å². The van der Waals surface area contributed by atoms with Crippen LogP contribution in [0, 0.1) is 0 Å². The van der Waals surface area contributed by atoms with Gasteiger partial charge < -0.3 is 19.3 Å². The van der Waals surface area contributed by atoms with Gasteiger partial charge in [-0.15, -0.1) is 0 Å². The van der Waals surface area contributed by atoms with Crippen LogP contribution in [0.4, 0.5) is 0 Å². The second-order valence-electron chi connectivity index (χ2n) is 5.66. The second-order valence-corrected chi connectivity index (χ2v) is 5.66. The predicted octanol–water partition coefficient (Wildman–Crippen LogP) is 1.86. The smallest absolute Gasteiger partial charge is 0.190 e. The van der Waals surface area contributed by atoms with Crippen LogP contribution in [-0.2, 0) is 20.6 Å². The van der Waals surface area contributed by atoms with Crippen LogP contribution in [0.3, 0.4) is 0 Å². The molecule has 1 aromatic carbocycles. The van der Waals surface area contributed by atoms with Crippen molar-refractivity contribution in [2.24, 2.45) is 0 Å². The van der Waals surface area contributed by atoms with E-state index in [0.29, 0.717) is 0 Å². The fraction of sp³-hybridized carbons (Fsp3) is 0.600. The summed E-state index contributed by atoms with van der Waals surface area (Å²) in [4.78, 5) is 0. The topological polar surface area (TPSA) is 47.9 Å². The lowest BCUT2D eigenvalue weighted by molar-refractivity contribution is -0.215. The van der Waals surface area contributed by atoms with Crippen molar-refractivity contribution in [3.63, 3.8) is 0 Å². The molecule has 19 heavy (non-hydrogen) atoms. The summed E-state index contributed by atoms with van der Waals surface area (Å²) in [6, 6.07) is 10.2. The number of hydrogen-bond acceptors (Lipinski definition) is 4. The van der Waals surface area contributed by atoms with Crippen LogP contribution in [-0.4, -0.2) is 35.5 Å². The summed E-state index contributed by atoms with van der Waals surface area (Å²) in [5.74, 6) is -0.666. The van der Waals surface area contributed by atoms with Gasteiger partial charge in [-0.2, -0.15) is 0 Å². The third kappa shape index (κ3) is 2.67. The number of aryl methyl sites for hydroxylation is 1. The third-order valence-corrected chi connectivity index (χ3v) is 3.67. The average Bonchev–Trinajstić information content (AvgIpc) is 2.83. The summed E-state index contributed by atoms with van der Waals surface area (Å²) in [6.07, 6.45) is 0.0137. The summed E-state index contributed by atoms with van der Waals surface area (Å²) < 4.78 is 17.0. The van der Waals surface area contributed by atoms with Crippen LogP contribution in [0.1, 0.15) is 25.8 Å². The highest BCUT2D eigenvalue weighted by Crippen LogP contribution is 2.38. The van der Waals surface area contributed by atoms with E-state index < -0.39 is 18.2 Å². The number of rotatable bonds is 3. The molecular weight excluding hydrogens is 244 g/mol. The quantitative estimate of drug-likeness (QED) is 0.905. The zero-order valence-electron chi connectivity index (χ0n) is 11.3. The summed E-state index contributed by atoms with van der Waals surface area (Å²) in [5.41, 5.74) is 1.25. The van der Waals surface area contributed by atoms with Crippen molar-refractivity contribution in [3.05, 3.63) is 35.9 Å². The number of hydrogen-bond donors (Lipinski definition) is 1. The molecule has 4 nitrogen and oxygen atoms in total. The minimum atomic E-state index is -0.666. The Balaban J connectivity index is 1.57. The molecule has 0 bridgehead atoms. The molecule has 2 heterocycles. The highest BCUT2D eigenvalue weighted by Gasteiger charge is 2.53. The van der Waals surface area contributed by atoms with Gasteiger partial charge in [0.15, 0.2) is 12.1 Å². The van der Waals surface area contributed by atoms with Crippen molar-refractivity contribution >= 4 is 0 Å². The van der Waals surface area contributed by atoms with Crippen LogP contribution in [0.2, 0.25) is 0 Å². The molecule has 2 fully saturated rings. The molecule has 1 aromatic rings. The second kappa shape index (κ2) is 4.87. The summed E-state index contributed by atoms with van der Waals surface area (Å²) in [6.45, 7) is 3.67. The molecule has 0 aliphatic carbocycles. The Morgan fingerprint density at radius 3 is 2.58 bits per heavy atom. The number of aliphatic hydroxyl groups excluding tert-OH is 1. The zero-order valence-corrected chi connectivity index (χ0v) is 11.3. The van der Waals surface area contributed by atoms with Crippen LogP contribution >= 0.6 is 0 Å². The van der Waals surface area contributed by atoms with Gasteiger partial charge in [0.2, 0.25) is 0 Å². The van der Waals surface area contributed by atoms with Crippen molar-refractivity contribution in [2.75, 3.05) is 0 Å². The molecule has 4 atom stereocenters. The van der Waals surface area contributed by atoms with E-state index in [-0.39, 0.29) is 12.2 Å². The van der Waals surface area contributed by atoms with Gasteiger partial charge in [-0.3, -0.25) is 0 Å². The largest absolute Gasteiger partial charge is 0.387 e. The van der Waals surface area contributed by atoms with E-state index in [2.05, 4.69) is 12.1 Å². The van der Waals surface area contributed by atoms with Crippen molar-refractivity contribution in [1.29, 1.82) is 0 Å². The molecule has 104 valence electrons. The number of benzene rings is 1. The van der Waals surface area contributed by atoms with Crippen molar-refractivity contribution in [2.45, 2.75) is 57.1 Å². The Morgan fingerprint density at radius 1 is 1.16 bits per heavy atom. The summed E-state index contributed by atoms with van der Waals surface area (Å²) >= 11 is 0. The monoisotopic (exact) mass is 264 g/mol. The number of aliphatic hydroxyl groups is 1. The number of fused-ring (bicyclic) bond motifs is 1. The Kier molecular flexibility index (Phi) is 3.35. The van der Waals surface area contributed by atoms with Gasteiger partial charge in [0.1, 0.15) is 12.2 Å². The third-order valence-electron chi connectivity index (χ3n) is 3.67. The van der Waals surface area contributed by atoms with Crippen LogP contribution < -0.4 is 0 Å². The van der Waals surface area contributed by atoms with E-state index in [1.807, 2.05) is 32.0 Å². The lowest BCUT2D eigenvalue weighted by atomic mass is 10.0. The van der Waals surface area contributed by atoms with Crippen LogP contribution in [0.5, 0.6) is 0 Å². The Bertz CT molecular complexity index is 431. The maximum atomic E-state index is 10.2. The highest BCUT2D eigenvalue weighted by molar-refractivity contribution is 5.15. The van der Waals surface area contributed by atoms with Gasteiger partial charge >= 0.3 is 0 Å². The first kappa shape index (κ1) is 13.1. The molecule has 4 heteroatoms. The first-order valence-electron chi connectivity index (χ1n) is 6.78. The maximum absolute atomic E-state index is 10.2. The van der Waals surface area contributed by atoms with Gasteiger partial charge in [0, 0.05) is 0 Å². The molecule has 0 unspecified atom stereocenters. The fourth-order valence-corrected chi connectivity index (χ4v) is 2.75. The Morgan fingerprint density at radius 2 is 1.89 bits per heavy atom. The molecule has 2 saturated heterocycles. The molecule has 0 amide bonds. The minimum absolute atomic E-state index is 0.216. The highest BCUT2D eigenvalue weighted by atomic mass is 16.8. The van der Waals surface area contributed by atoms with Crippen molar-refractivity contribution < 1.29 is 19.3 Å². The maximum Gasteiger partial charge on any atom is 0.190 e.